The molecule has 2 aromatic heterocycles. The van der Waals surface area contributed by atoms with Crippen LogP contribution in [0, 0.1) is 0 Å². The molecule has 3 aromatic rings. The van der Waals surface area contributed by atoms with Gasteiger partial charge in [-0.05, 0) is 31.5 Å². The van der Waals surface area contributed by atoms with Gasteiger partial charge in [-0.15, -0.1) is 0 Å². The van der Waals surface area contributed by atoms with Gasteiger partial charge in [0.05, 0.1) is 6.04 Å². The molecule has 2 heterocycles. The van der Waals surface area contributed by atoms with Gasteiger partial charge in [0, 0.05) is 23.3 Å². The number of aromatic hydroxyl groups is 1. The van der Waals surface area contributed by atoms with Crippen molar-refractivity contribution < 1.29 is 5.11 Å². The first-order valence-electron chi connectivity index (χ1n) is 8.11. The van der Waals surface area contributed by atoms with Crippen LogP contribution >= 0.6 is 0 Å². The van der Waals surface area contributed by atoms with Crippen molar-refractivity contribution in [1.82, 2.24) is 9.97 Å². The van der Waals surface area contributed by atoms with Gasteiger partial charge in [0.2, 0.25) is 0 Å². The maximum Gasteiger partial charge on any atom is 0.147 e. The molecule has 3 rings (SSSR count). The molecule has 1 aromatic carbocycles. The van der Waals surface area contributed by atoms with Gasteiger partial charge in [-0.1, -0.05) is 42.8 Å². The molecule has 0 fully saturated rings. The van der Waals surface area contributed by atoms with Crippen molar-refractivity contribution in [3.8, 4) is 5.75 Å². The molecule has 0 saturated carbocycles. The summed E-state index contributed by atoms with van der Waals surface area (Å²) in [6, 6.07) is 13.3. The zero-order valence-corrected chi connectivity index (χ0v) is 13.9. The van der Waals surface area contributed by atoms with Gasteiger partial charge < -0.3 is 10.4 Å². The summed E-state index contributed by atoms with van der Waals surface area (Å²) >= 11 is 0. The van der Waals surface area contributed by atoms with Crippen molar-refractivity contribution in [3.05, 3.63) is 72.1 Å². The van der Waals surface area contributed by atoms with Gasteiger partial charge in [-0.2, -0.15) is 0 Å². The molecule has 1 atom stereocenters. The van der Waals surface area contributed by atoms with Crippen LogP contribution in [0.15, 0.2) is 66.5 Å². The summed E-state index contributed by atoms with van der Waals surface area (Å²) < 4.78 is 0. The van der Waals surface area contributed by atoms with E-state index in [0.29, 0.717) is 5.52 Å². The molecule has 0 saturated heterocycles. The number of allylic oxidation sites excluding steroid dienone is 1. The predicted molar refractivity (Wildman–Crippen MR) is 98.1 cm³/mol. The Balaban J connectivity index is 2.08. The molecule has 122 valence electrons. The minimum atomic E-state index is -0.161. The number of benzene rings is 1. The standard InChI is InChI=1S/C20H21N3O/c1-3-7-14(2)18(23-17-9-4-5-12-21-17)16-11-10-15-8-6-13-22-19(15)20(16)24/h4-13,18,24H,3H2,1-2H3,(H,21,23)/b14-7+. The van der Waals surface area contributed by atoms with Gasteiger partial charge in [-0.3, -0.25) is 4.98 Å². The summed E-state index contributed by atoms with van der Waals surface area (Å²) in [7, 11) is 0. The molecule has 4 heteroatoms. The van der Waals surface area contributed by atoms with Crippen molar-refractivity contribution in [3.63, 3.8) is 0 Å². The number of phenolic OH excluding ortho intramolecular Hbond substituents is 1. The third kappa shape index (κ3) is 3.23. The van der Waals surface area contributed by atoms with E-state index in [4.69, 9.17) is 0 Å². The lowest BCUT2D eigenvalue weighted by Crippen LogP contribution is -2.13. The molecular weight excluding hydrogens is 298 g/mol. The Labute approximate surface area is 141 Å². The second-order valence-electron chi connectivity index (χ2n) is 5.73. The molecule has 0 amide bonds. The normalized spacial score (nSPS) is 13.0. The van der Waals surface area contributed by atoms with E-state index in [0.717, 1.165) is 28.8 Å². The second kappa shape index (κ2) is 7.13. The zero-order chi connectivity index (χ0) is 16.9. The topological polar surface area (TPSA) is 58.0 Å². The summed E-state index contributed by atoms with van der Waals surface area (Å²) in [6.45, 7) is 4.16. The van der Waals surface area contributed by atoms with E-state index in [1.807, 2.05) is 42.5 Å². The maximum atomic E-state index is 10.8. The van der Waals surface area contributed by atoms with Crippen LogP contribution in [0.1, 0.15) is 31.9 Å². The van der Waals surface area contributed by atoms with Crippen molar-refractivity contribution in [1.29, 1.82) is 0 Å². The number of hydrogen-bond donors (Lipinski definition) is 2. The van der Waals surface area contributed by atoms with E-state index in [9.17, 15) is 5.11 Å². The number of pyridine rings is 2. The van der Waals surface area contributed by atoms with Crippen molar-refractivity contribution in [2.75, 3.05) is 5.32 Å². The van der Waals surface area contributed by atoms with Gasteiger partial charge in [0.1, 0.15) is 17.1 Å². The fourth-order valence-corrected chi connectivity index (χ4v) is 2.85. The van der Waals surface area contributed by atoms with Crippen molar-refractivity contribution in [2.45, 2.75) is 26.3 Å². The summed E-state index contributed by atoms with van der Waals surface area (Å²) in [5.74, 6) is 0.984. The Morgan fingerprint density at radius 1 is 1.12 bits per heavy atom. The summed E-state index contributed by atoms with van der Waals surface area (Å²) in [5, 5.41) is 15.1. The van der Waals surface area contributed by atoms with E-state index in [-0.39, 0.29) is 11.8 Å². The molecule has 0 spiro atoms. The summed E-state index contributed by atoms with van der Waals surface area (Å²) in [4.78, 5) is 8.67. The first-order valence-corrected chi connectivity index (χ1v) is 8.11. The molecular formula is C20H21N3O. The number of anilines is 1. The van der Waals surface area contributed by atoms with Gasteiger partial charge in [0.15, 0.2) is 0 Å². The number of nitrogens with one attached hydrogen (secondary N) is 1. The van der Waals surface area contributed by atoms with Crippen LogP contribution < -0.4 is 5.32 Å². The van der Waals surface area contributed by atoms with Crippen LogP contribution in [0.3, 0.4) is 0 Å². The lowest BCUT2D eigenvalue weighted by atomic mass is 9.96. The van der Waals surface area contributed by atoms with E-state index in [1.165, 1.54) is 0 Å². The number of rotatable bonds is 5. The van der Waals surface area contributed by atoms with Crippen LogP contribution in [0.2, 0.25) is 0 Å². The Morgan fingerprint density at radius 2 is 1.96 bits per heavy atom. The minimum absolute atomic E-state index is 0.161. The molecule has 0 aliphatic carbocycles. The molecule has 0 aliphatic heterocycles. The SMILES string of the molecule is CC/C=C(\C)C(Nc1ccccn1)c1ccc2cccnc2c1O. The largest absolute Gasteiger partial charge is 0.505 e. The highest BCUT2D eigenvalue weighted by molar-refractivity contribution is 5.85. The first kappa shape index (κ1) is 16.0. The van der Waals surface area contributed by atoms with E-state index in [2.05, 4.69) is 35.2 Å². The maximum absolute atomic E-state index is 10.8. The van der Waals surface area contributed by atoms with Crippen molar-refractivity contribution in [2.24, 2.45) is 0 Å². The minimum Gasteiger partial charge on any atom is -0.505 e. The van der Waals surface area contributed by atoms with Gasteiger partial charge in [-0.25, -0.2) is 4.98 Å². The predicted octanol–water partition coefficient (Wildman–Crippen LogP) is 4.84. The molecule has 1 unspecified atom stereocenters. The number of nitrogens with zero attached hydrogens (tertiary/aromatic N) is 2. The third-order valence-electron chi connectivity index (χ3n) is 4.03. The lowest BCUT2D eigenvalue weighted by molar-refractivity contribution is 0.471. The Hall–Kier alpha value is -2.88. The fraction of sp³-hybridized carbons (Fsp3) is 0.200. The number of phenols is 1. The smallest absolute Gasteiger partial charge is 0.147 e. The average molecular weight is 319 g/mol. The molecule has 4 nitrogen and oxygen atoms in total. The summed E-state index contributed by atoms with van der Waals surface area (Å²) in [6.07, 6.45) is 6.53. The molecule has 0 radical (unpaired) electrons. The molecule has 2 N–H and O–H groups in total. The van der Waals surface area contributed by atoms with E-state index >= 15 is 0 Å². The van der Waals surface area contributed by atoms with Crippen LogP contribution in [0.25, 0.3) is 10.9 Å². The average Bonchev–Trinajstić information content (AvgIpc) is 2.62. The third-order valence-corrected chi connectivity index (χ3v) is 4.03. The van der Waals surface area contributed by atoms with Gasteiger partial charge in [0.25, 0.3) is 0 Å². The fourth-order valence-electron chi connectivity index (χ4n) is 2.85. The number of aromatic nitrogens is 2. The Morgan fingerprint density at radius 3 is 2.71 bits per heavy atom. The first-order chi connectivity index (χ1) is 11.7. The highest BCUT2D eigenvalue weighted by Crippen LogP contribution is 2.36. The highest BCUT2D eigenvalue weighted by atomic mass is 16.3. The number of hydrogen-bond acceptors (Lipinski definition) is 4. The van der Waals surface area contributed by atoms with E-state index in [1.54, 1.807) is 12.4 Å². The van der Waals surface area contributed by atoms with Crippen LogP contribution in [-0.4, -0.2) is 15.1 Å². The molecule has 24 heavy (non-hydrogen) atoms. The van der Waals surface area contributed by atoms with Crippen LogP contribution in [-0.2, 0) is 0 Å². The monoisotopic (exact) mass is 319 g/mol. The zero-order valence-electron chi connectivity index (χ0n) is 13.9. The highest BCUT2D eigenvalue weighted by Gasteiger charge is 2.19. The van der Waals surface area contributed by atoms with Gasteiger partial charge >= 0.3 is 0 Å². The lowest BCUT2D eigenvalue weighted by Gasteiger charge is -2.22. The van der Waals surface area contributed by atoms with Crippen LogP contribution in [0.5, 0.6) is 5.75 Å². The second-order valence-corrected chi connectivity index (χ2v) is 5.73. The summed E-state index contributed by atoms with van der Waals surface area (Å²) in [5.41, 5.74) is 2.55. The Kier molecular flexibility index (Phi) is 4.75. The van der Waals surface area contributed by atoms with Crippen LogP contribution in [0.4, 0.5) is 5.82 Å². The van der Waals surface area contributed by atoms with E-state index < -0.39 is 0 Å². The quantitative estimate of drug-likeness (QED) is 0.660. The molecule has 0 aliphatic rings. The van der Waals surface area contributed by atoms with Crippen molar-refractivity contribution >= 4 is 16.7 Å². The number of fused-ring (bicyclic) bond motifs is 1. The molecule has 0 bridgehead atoms. The Bertz CT molecular complexity index is 859.